The Bertz CT molecular complexity index is 1660. The Kier molecular flexibility index (Phi) is 6.74. The molecule has 0 spiro atoms. The molecule has 2 N–H and O–H groups in total. The Hall–Kier alpha value is -4.62. The number of nitrogens with one attached hydrogen (secondary N) is 1. The highest BCUT2D eigenvalue weighted by Crippen LogP contribution is 2.44. The van der Waals surface area contributed by atoms with Gasteiger partial charge in [-0.2, -0.15) is 0 Å². The Balaban J connectivity index is 1.41. The lowest BCUT2D eigenvalue weighted by atomic mass is 9.96. The fraction of sp³-hybridized carbons (Fsp3) is 0.152. The van der Waals surface area contributed by atoms with Crippen molar-refractivity contribution in [2.24, 2.45) is 0 Å². The zero-order chi connectivity index (χ0) is 27.8. The number of hydrogen-bond donors (Lipinski definition) is 2. The average molecular weight is 547 g/mol. The summed E-state index contributed by atoms with van der Waals surface area (Å²) in [5.74, 6) is 1.78. The number of pyridine rings is 1. The number of aryl methyl sites for hydroxylation is 2. The van der Waals surface area contributed by atoms with Gasteiger partial charge in [-0.15, -0.1) is 0 Å². The molecule has 2 unspecified atom stereocenters. The molecule has 1 aliphatic heterocycles. The highest BCUT2D eigenvalue weighted by Gasteiger charge is 2.42. The second kappa shape index (κ2) is 10.5. The van der Waals surface area contributed by atoms with Gasteiger partial charge in [-0.05, 0) is 105 Å². The first-order valence-electron chi connectivity index (χ1n) is 13.2. The van der Waals surface area contributed by atoms with Crippen LogP contribution < -0.4 is 15.0 Å². The third-order valence-corrected chi connectivity index (χ3v) is 7.70. The van der Waals surface area contributed by atoms with Crippen molar-refractivity contribution in [1.82, 2.24) is 14.9 Å². The van der Waals surface area contributed by atoms with Crippen LogP contribution in [0, 0.1) is 20.8 Å². The van der Waals surface area contributed by atoms with Crippen molar-refractivity contribution in [2.45, 2.75) is 32.9 Å². The number of thiocarbonyl (C=S) groups is 1. The second-order valence-corrected chi connectivity index (χ2v) is 10.4. The third kappa shape index (κ3) is 4.69. The molecule has 0 radical (unpaired) electrons. The summed E-state index contributed by atoms with van der Waals surface area (Å²) < 4.78 is 8.17. The maximum atomic E-state index is 10.6. The van der Waals surface area contributed by atoms with Crippen molar-refractivity contribution in [3.8, 4) is 22.9 Å². The first kappa shape index (κ1) is 25.6. The molecule has 0 saturated carbocycles. The summed E-state index contributed by atoms with van der Waals surface area (Å²) in [4.78, 5) is 6.84. The van der Waals surface area contributed by atoms with Gasteiger partial charge >= 0.3 is 0 Å². The molecule has 1 fully saturated rings. The first-order valence-corrected chi connectivity index (χ1v) is 13.6. The summed E-state index contributed by atoms with van der Waals surface area (Å²) >= 11 is 5.93. The van der Waals surface area contributed by atoms with Crippen LogP contribution in [-0.4, -0.2) is 19.8 Å². The summed E-state index contributed by atoms with van der Waals surface area (Å²) in [7, 11) is 0. The third-order valence-electron chi connectivity index (χ3n) is 7.38. The van der Waals surface area contributed by atoms with Gasteiger partial charge in [0.15, 0.2) is 5.11 Å². The van der Waals surface area contributed by atoms with E-state index in [9.17, 15) is 5.11 Å². The number of aromatic nitrogens is 2. The average Bonchev–Trinajstić information content (AvgIpc) is 3.46. The lowest BCUT2D eigenvalue weighted by Crippen LogP contribution is -2.29. The summed E-state index contributed by atoms with van der Waals surface area (Å²) in [6, 6.07) is 31.2. The van der Waals surface area contributed by atoms with Crippen molar-refractivity contribution < 1.29 is 9.84 Å². The van der Waals surface area contributed by atoms with E-state index >= 15 is 0 Å². The molecule has 1 aliphatic rings. The lowest BCUT2D eigenvalue weighted by molar-refractivity contribution is 0.471. The van der Waals surface area contributed by atoms with Crippen LogP contribution in [0.4, 0.5) is 5.69 Å². The molecule has 6 nitrogen and oxygen atoms in total. The van der Waals surface area contributed by atoms with E-state index < -0.39 is 0 Å². The maximum Gasteiger partial charge on any atom is 0.174 e. The van der Waals surface area contributed by atoms with Gasteiger partial charge in [0.05, 0.1) is 23.5 Å². The van der Waals surface area contributed by atoms with E-state index in [1.807, 2.05) is 91.1 Å². The number of ether oxygens (including phenoxy) is 1. The zero-order valence-corrected chi connectivity index (χ0v) is 23.4. The minimum absolute atomic E-state index is 0.169. The van der Waals surface area contributed by atoms with Crippen LogP contribution in [0.1, 0.15) is 40.3 Å². The van der Waals surface area contributed by atoms with E-state index in [-0.39, 0.29) is 17.8 Å². The number of benzene rings is 3. The fourth-order valence-electron chi connectivity index (χ4n) is 5.48. The van der Waals surface area contributed by atoms with E-state index in [1.54, 1.807) is 6.07 Å². The van der Waals surface area contributed by atoms with E-state index in [0.717, 1.165) is 45.5 Å². The van der Waals surface area contributed by atoms with Crippen molar-refractivity contribution in [3.63, 3.8) is 0 Å². The predicted molar refractivity (Wildman–Crippen MR) is 163 cm³/mol. The Morgan fingerprint density at radius 2 is 1.52 bits per heavy atom. The van der Waals surface area contributed by atoms with Crippen molar-refractivity contribution in [3.05, 3.63) is 131 Å². The van der Waals surface area contributed by atoms with Crippen LogP contribution in [0.25, 0.3) is 5.69 Å². The van der Waals surface area contributed by atoms with Gasteiger partial charge in [0, 0.05) is 23.3 Å². The molecule has 3 aromatic carbocycles. The number of aromatic hydroxyl groups is 1. The van der Waals surface area contributed by atoms with Crippen molar-refractivity contribution in [1.29, 1.82) is 0 Å². The fourth-order valence-corrected chi connectivity index (χ4v) is 5.82. The van der Waals surface area contributed by atoms with Crippen LogP contribution in [0.5, 0.6) is 17.2 Å². The van der Waals surface area contributed by atoms with Gasteiger partial charge in [-0.25, -0.2) is 0 Å². The number of para-hydroxylation sites is 2. The molecule has 0 bridgehead atoms. The summed E-state index contributed by atoms with van der Waals surface area (Å²) in [5, 5.41) is 14.8. The quantitative estimate of drug-likeness (QED) is 0.215. The van der Waals surface area contributed by atoms with Crippen molar-refractivity contribution in [2.75, 3.05) is 4.90 Å². The maximum absolute atomic E-state index is 10.6. The van der Waals surface area contributed by atoms with Crippen molar-refractivity contribution >= 4 is 23.0 Å². The summed E-state index contributed by atoms with van der Waals surface area (Å²) in [6.45, 7) is 6.20. The Labute approximate surface area is 239 Å². The lowest BCUT2D eigenvalue weighted by Gasteiger charge is -2.28. The van der Waals surface area contributed by atoms with Gasteiger partial charge in [-0.3, -0.25) is 4.98 Å². The summed E-state index contributed by atoms with van der Waals surface area (Å²) in [5.41, 5.74) is 6.94. The number of phenolic OH excluding ortho intramolecular Hbond substituents is 1. The molecule has 5 aromatic rings. The smallest absolute Gasteiger partial charge is 0.174 e. The Morgan fingerprint density at radius 3 is 2.20 bits per heavy atom. The minimum atomic E-state index is -0.171. The number of hydrogen-bond acceptors (Lipinski definition) is 4. The van der Waals surface area contributed by atoms with Gasteiger partial charge in [-0.1, -0.05) is 35.9 Å². The highest BCUT2D eigenvalue weighted by atomic mass is 32.1. The van der Waals surface area contributed by atoms with Crippen LogP contribution in [-0.2, 0) is 0 Å². The second-order valence-electron chi connectivity index (χ2n) is 10.1. The van der Waals surface area contributed by atoms with Crippen LogP contribution in [0.2, 0.25) is 0 Å². The van der Waals surface area contributed by atoms with E-state index in [1.165, 1.54) is 5.56 Å². The molecular weight excluding hydrogens is 516 g/mol. The first-order chi connectivity index (χ1) is 19.4. The minimum Gasteiger partial charge on any atom is -0.506 e. The number of rotatable bonds is 6. The number of anilines is 1. The normalized spacial score (nSPS) is 16.7. The number of phenols is 1. The zero-order valence-electron chi connectivity index (χ0n) is 22.6. The molecule has 6 rings (SSSR count). The monoisotopic (exact) mass is 546 g/mol. The van der Waals surface area contributed by atoms with E-state index in [0.29, 0.717) is 5.11 Å². The molecule has 2 atom stereocenters. The number of nitrogens with zero attached hydrogens (tertiary/aromatic N) is 3. The molecule has 1 saturated heterocycles. The highest BCUT2D eigenvalue weighted by molar-refractivity contribution is 7.80. The van der Waals surface area contributed by atoms with E-state index in [4.69, 9.17) is 17.0 Å². The van der Waals surface area contributed by atoms with E-state index in [2.05, 4.69) is 46.6 Å². The molecule has 40 heavy (non-hydrogen) atoms. The predicted octanol–water partition coefficient (Wildman–Crippen LogP) is 7.47. The van der Waals surface area contributed by atoms with Gasteiger partial charge in [0.2, 0.25) is 0 Å². The van der Waals surface area contributed by atoms with Gasteiger partial charge in [0.1, 0.15) is 17.2 Å². The van der Waals surface area contributed by atoms with Gasteiger partial charge < -0.3 is 24.6 Å². The molecule has 200 valence electrons. The Morgan fingerprint density at radius 1 is 0.850 bits per heavy atom. The topological polar surface area (TPSA) is 62.5 Å². The SMILES string of the molecule is Cc1ccc(Oc2ccc(N3C(=S)NC(c4ccccn4)C3c3cc(C)n(-c4ccccc4O)c3C)cc2)cc1. The molecular formula is C33H30N4O2S. The largest absolute Gasteiger partial charge is 0.506 e. The van der Waals surface area contributed by atoms with Gasteiger partial charge in [0.25, 0.3) is 0 Å². The van der Waals surface area contributed by atoms with Crippen LogP contribution in [0.3, 0.4) is 0 Å². The molecule has 7 heteroatoms. The molecule has 2 aromatic heterocycles. The van der Waals surface area contributed by atoms with Crippen LogP contribution in [0.15, 0.2) is 103 Å². The molecule has 3 heterocycles. The van der Waals surface area contributed by atoms with Crippen LogP contribution >= 0.6 is 12.2 Å². The standard InChI is InChI=1S/C33H30N4O2S/c1-21-11-15-25(16-12-21)39-26-17-13-24(14-18-26)37-32(31(35-33(37)40)28-8-6-7-19-34-28)27-20-22(2)36(23(27)3)29-9-4-5-10-30(29)38/h4-20,31-32,38H,1-3H3,(H,35,40). The molecule has 0 aliphatic carbocycles. The summed E-state index contributed by atoms with van der Waals surface area (Å²) in [6.07, 6.45) is 1.81. The molecule has 0 amide bonds.